The van der Waals surface area contributed by atoms with Gasteiger partial charge >= 0.3 is 5.97 Å². The van der Waals surface area contributed by atoms with Crippen LogP contribution in [0.3, 0.4) is 0 Å². The number of rotatable bonds is 6. The fourth-order valence-electron chi connectivity index (χ4n) is 5.51. The second-order valence-corrected chi connectivity index (χ2v) is 9.25. The Labute approximate surface area is 208 Å². The number of para-hydroxylation sites is 2. The monoisotopic (exact) mass is 489 g/mol. The molecule has 8 heteroatoms. The number of nitrogens with zero attached hydrogens (tertiary/aromatic N) is 1. The molecule has 0 spiro atoms. The van der Waals surface area contributed by atoms with Gasteiger partial charge in [-0.25, -0.2) is 0 Å². The predicted molar refractivity (Wildman–Crippen MR) is 130 cm³/mol. The van der Waals surface area contributed by atoms with Gasteiger partial charge in [0.15, 0.2) is 23.0 Å². The molecule has 4 atom stereocenters. The summed E-state index contributed by atoms with van der Waals surface area (Å²) in [5.74, 6) is 1.72. The molecule has 1 fully saturated rings. The number of carbonyl (C=O) groups is 1. The van der Waals surface area contributed by atoms with E-state index in [1.54, 1.807) is 7.11 Å². The minimum atomic E-state index is -0.841. The number of likely N-dealkylation sites (tertiary alicyclic amines) is 1. The molecule has 3 aliphatic rings. The molecule has 4 unspecified atom stereocenters. The molecular weight excluding hydrogens is 462 g/mol. The van der Waals surface area contributed by atoms with Crippen LogP contribution in [0.4, 0.5) is 0 Å². The molecular formula is C28H27NO7. The van der Waals surface area contributed by atoms with Crippen molar-refractivity contribution in [2.24, 2.45) is 5.92 Å². The third-order valence-electron chi connectivity index (χ3n) is 7.17. The Bertz CT molecular complexity index is 1260. The first-order chi connectivity index (χ1) is 17.6. The van der Waals surface area contributed by atoms with Gasteiger partial charge in [-0.05, 0) is 47.5 Å². The lowest BCUT2D eigenvalue weighted by molar-refractivity contribution is -0.143. The number of aliphatic carboxylic acids is 1. The quantitative estimate of drug-likeness (QED) is 0.554. The normalized spacial score (nSPS) is 24.5. The largest absolute Gasteiger partial charge is 0.497 e. The van der Waals surface area contributed by atoms with Gasteiger partial charge in [0, 0.05) is 25.0 Å². The number of benzene rings is 3. The zero-order valence-corrected chi connectivity index (χ0v) is 19.8. The van der Waals surface area contributed by atoms with Gasteiger partial charge in [0.25, 0.3) is 0 Å². The van der Waals surface area contributed by atoms with Crippen LogP contribution in [0, 0.1) is 5.92 Å². The molecule has 3 aromatic rings. The summed E-state index contributed by atoms with van der Waals surface area (Å²) in [4.78, 5) is 15.0. The van der Waals surface area contributed by atoms with Crippen LogP contribution in [0.2, 0.25) is 0 Å². The first kappa shape index (κ1) is 22.5. The highest BCUT2D eigenvalue weighted by molar-refractivity contribution is 5.74. The fourth-order valence-corrected chi connectivity index (χ4v) is 5.51. The van der Waals surface area contributed by atoms with Crippen molar-refractivity contribution >= 4 is 5.97 Å². The summed E-state index contributed by atoms with van der Waals surface area (Å²) in [6, 6.07) is 20.6. The second-order valence-electron chi connectivity index (χ2n) is 9.25. The summed E-state index contributed by atoms with van der Waals surface area (Å²) in [5, 5.41) is 10.5. The summed E-state index contributed by atoms with van der Waals surface area (Å²) in [5.41, 5.74) is 1.84. The summed E-state index contributed by atoms with van der Waals surface area (Å²) in [6.45, 7) is 1.65. The Morgan fingerprint density at radius 1 is 0.944 bits per heavy atom. The Morgan fingerprint density at radius 3 is 2.44 bits per heavy atom. The zero-order valence-electron chi connectivity index (χ0n) is 19.8. The maximum atomic E-state index is 12.8. The Kier molecular flexibility index (Phi) is 5.81. The van der Waals surface area contributed by atoms with Gasteiger partial charge in [-0.2, -0.15) is 0 Å². The van der Waals surface area contributed by atoms with E-state index in [0.29, 0.717) is 36.9 Å². The lowest BCUT2D eigenvalue weighted by Crippen LogP contribution is -2.41. The highest BCUT2D eigenvalue weighted by atomic mass is 16.7. The van der Waals surface area contributed by atoms with Gasteiger partial charge in [0.1, 0.15) is 18.5 Å². The Morgan fingerprint density at radius 2 is 1.67 bits per heavy atom. The Balaban J connectivity index is 1.34. The predicted octanol–water partition coefficient (Wildman–Crippen LogP) is 4.11. The fraction of sp³-hybridized carbons (Fsp3) is 0.321. The standard InChI is InChI=1S/C28H27NO7/c1-32-19-9-6-17(7-10-19)27-26(28(30)31)21(18-8-11-23-25(12-18)35-16-34-23)14-29(27)13-20-15-33-22-4-2-3-5-24(22)36-20/h2-12,20-21,26-27H,13-16H2,1H3,(H,30,31). The minimum absolute atomic E-state index is 0.174. The number of hydrogen-bond acceptors (Lipinski definition) is 7. The summed E-state index contributed by atoms with van der Waals surface area (Å²) >= 11 is 0. The first-order valence-electron chi connectivity index (χ1n) is 12.0. The number of fused-ring (bicyclic) bond motifs is 2. The van der Waals surface area contributed by atoms with Crippen LogP contribution in [0.15, 0.2) is 66.7 Å². The molecule has 0 aliphatic carbocycles. The van der Waals surface area contributed by atoms with E-state index in [-0.39, 0.29) is 24.9 Å². The van der Waals surface area contributed by atoms with Crippen molar-refractivity contribution in [1.82, 2.24) is 4.90 Å². The van der Waals surface area contributed by atoms with Gasteiger partial charge in [-0.15, -0.1) is 0 Å². The molecule has 6 rings (SSSR count). The maximum absolute atomic E-state index is 12.8. The SMILES string of the molecule is COc1ccc(C2C(C(=O)O)C(c3ccc4c(c3)OCO4)CN2CC2COc3ccccc3O2)cc1. The van der Waals surface area contributed by atoms with Crippen LogP contribution < -0.4 is 23.7 Å². The molecule has 3 aliphatic heterocycles. The molecule has 3 heterocycles. The maximum Gasteiger partial charge on any atom is 0.309 e. The van der Waals surface area contributed by atoms with E-state index in [1.165, 1.54) is 0 Å². The molecule has 0 amide bonds. The Hall–Kier alpha value is -3.91. The molecule has 0 saturated carbocycles. The number of carboxylic acid groups (broad SMARTS) is 1. The zero-order chi connectivity index (χ0) is 24.6. The van der Waals surface area contributed by atoms with Gasteiger partial charge < -0.3 is 28.8 Å². The van der Waals surface area contributed by atoms with Gasteiger partial charge in [-0.1, -0.05) is 30.3 Å². The lowest BCUT2D eigenvalue weighted by atomic mass is 9.82. The van der Waals surface area contributed by atoms with Gasteiger partial charge in [-0.3, -0.25) is 9.69 Å². The number of hydrogen-bond donors (Lipinski definition) is 1. The van der Waals surface area contributed by atoms with Crippen molar-refractivity contribution < 1.29 is 33.6 Å². The van der Waals surface area contributed by atoms with E-state index in [0.717, 1.165) is 22.6 Å². The molecule has 3 aromatic carbocycles. The van der Waals surface area contributed by atoms with Crippen molar-refractivity contribution in [2.45, 2.75) is 18.1 Å². The van der Waals surface area contributed by atoms with E-state index in [9.17, 15) is 9.90 Å². The highest BCUT2D eigenvalue weighted by Gasteiger charge is 2.48. The van der Waals surface area contributed by atoms with Crippen molar-refractivity contribution in [2.75, 3.05) is 33.6 Å². The first-order valence-corrected chi connectivity index (χ1v) is 12.0. The van der Waals surface area contributed by atoms with E-state index in [2.05, 4.69) is 4.90 Å². The number of ether oxygens (including phenoxy) is 5. The van der Waals surface area contributed by atoms with E-state index >= 15 is 0 Å². The smallest absolute Gasteiger partial charge is 0.309 e. The molecule has 0 radical (unpaired) electrons. The van der Waals surface area contributed by atoms with Crippen molar-refractivity contribution in [1.29, 1.82) is 0 Å². The van der Waals surface area contributed by atoms with E-state index < -0.39 is 11.9 Å². The molecule has 1 N–H and O–H groups in total. The molecule has 8 nitrogen and oxygen atoms in total. The summed E-state index contributed by atoms with van der Waals surface area (Å²) in [7, 11) is 1.62. The average molecular weight is 490 g/mol. The van der Waals surface area contributed by atoms with Crippen LogP contribution in [0.1, 0.15) is 23.1 Å². The van der Waals surface area contributed by atoms with E-state index in [1.807, 2.05) is 66.7 Å². The van der Waals surface area contributed by atoms with Crippen LogP contribution in [0.5, 0.6) is 28.7 Å². The average Bonchev–Trinajstić information content (AvgIpc) is 3.53. The van der Waals surface area contributed by atoms with Crippen LogP contribution in [-0.4, -0.2) is 55.7 Å². The van der Waals surface area contributed by atoms with Crippen LogP contribution in [0.25, 0.3) is 0 Å². The topological polar surface area (TPSA) is 86.7 Å². The number of carboxylic acids is 1. The molecule has 0 bridgehead atoms. The minimum Gasteiger partial charge on any atom is -0.497 e. The molecule has 1 saturated heterocycles. The molecule has 0 aromatic heterocycles. The van der Waals surface area contributed by atoms with Crippen LogP contribution >= 0.6 is 0 Å². The lowest BCUT2D eigenvalue weighted by Gasteiger charge is -2.33. The third kappa shape index (κ3) is 4.07. The third-order valence-corrected chi connectivity index (χ3v) is 7.17. The second kappa shape index (κ2) is 9.28. The van der Waals surface area contributed by atoms with Crippen LogP contribution in [-0.2, 0) is 4.79 Å². The van der Waals surface area contributed by atoms with Crippen molar-refractivity contribution in [3.05, 3.63) is 77.9 Å². The summed E-state index contributed by atoms with van der Waals surface area (Å²) in [6.07, 6.45) is -0.231. The van der Waals surface area contributed by atoms with E-state index in [4.69, 9.17) is 23.7 Å². The van der Waals surface area contributed by atoms with Crippen molar-refractivity contribution in [3.8, 4) is 28.7 Å². The highest BCUT2D eigenvalue weighted by Crippen LogP contribution is 2.48. The summed E-state index contributed by atoms with van der Waals surface area (Å²) < 4.78 is 28.5. The van der Waals surface area contributed by atoms with Crippen molar-refractivity contribution in [3.63, 3.8) is 0 Å². The van der Waals surface area contributed by atoms with Gasteiger partial charge in [0.05, 0.1) is 13.0 Å². The van der Waals surface area contributed by atoms with Gasteiger partial charge in [0.2, 0.25) is 6.79 Å². The number of methoxy groups -OCH3 is 1. The molecule has 186 valence electrons. The molecule has 36 heavy (non-hydrogen) atoms.